The molecule has 5 rings (SSSR count). The first-order valence-corrected chi connectivity index (χ1v) is 12.0. The van der Waals surface area contributed by atoms with Crippen LogP contribution in [0.25, 0.3) is 16.8 Å². The molecule has 0 saturated carbocycles. The smallest absolute Gasteiger partial charge is 0.217 e. The first-order chi connectivity index (χ1) is 16.3. The number of aryl methyl sites for hydroxylation is 3. The van der Waals surface area contributed by atoms with E-state index in [9.17, 15) is 0 Å². The highest BCUT2D eigenvalue weighted by molar-refractivity contribution is 6.01. The molecular formula is C28H31N5O. The van der Waals surface area contributed by atoms with Gasteiger partial charge in [0.2, 0.25) is 5.90 Å². The van der Waals surface area contributed by atoms with E-state index in [0.717, 1.165) is 70.4 Å². The average Bonchev–Trinajstić information content (AvgIpc) is 3.39. The summed E-state index contributed by atoms with van der Waals surface area (Å²) in [5.41, 5.74) is 7.55. The minimum Gasteiger partial charge on any atom is -0.475 e. The van der Waals surface area contributed by atoms with Crippen LogP contribution in [0, 0.1) is 13.8 Å². The number of ether oxygens (including phenoxy) is 1. The number of hydrogen-bond donors (Lipinski definition) is 0. The second kappa shape index (κ2) is 8.67. The molecule has 6 nitrogen and oxygen atoms in total. The van der Waals surface area contributed by atoms with E-state index in [4.69, 9.17) is 19.7 Å². The molecule has 6 heteroatoms. The van der Waals surface area contributed by atoms with Gasteiger partial charge in [0.25, 0.3) is 0 Å². The van der Waals surface area contributed by atoms with Crippen LogP contribution >= 0.6 is 0 Å². The van der Waals surface area contributed by atoms with Gasteiger partial charge in [-0.2, -0.15) is 4.52 Å². The zero-order chi connectivity index (χ0) is 23.9. The fourth-order valence-corrected chi connectivity index (χ4v) is 4.55. The van der Waals surface area contributed by atoms with Gasteiger partial charge in [0.15, 0.2) is 5.65 Å². The Hall–Kier alpha value is -3.54. The third kappa shape index (κ3) is 4.20. The van der Waals surface area contributed by atoms with Crippen molar-refractivity contribution in [2.24, 2.45) is 4.99 Å². The molecule has 4 aromatic rings. The summed E-state index contributed by atoms with van der Waals surface area (Å²) in [5, 5.41) is 4.55. The average molecular weight is 454 g/mol. The Morgan fingerprint density at radius 1 is 0.971 bits per heavy atom. The maximum absolute atomic E-state index is 5.94. The van der Waals surface area contributed by atoms with E-state index >= 15 is 0 Å². The molecular weight excluding hydrogens is 422 g/mol. The fraction of sp³-hybridized carbons (Fsp3) is 0.357. The Labute approximate surface area is 200 Å². The highest BCUT2D eigenvalue weighted by Crippen LogP contribution is 2.29. The topological polar surface area (TPSA) is 64.7 Å². The van der Waals surface area contributed by atoms with Gasteiger partial charge in [0.05, 0.1) is 5.54 Å². The Morgan fingerprint density at radius 3 is 2.38 bits per heavy atom. The van der Waals surface area contributed by atoms with Crippen molar-refractivity contribution in [1.82, 2.24) is 19.6 Å². The minimum atomic E-state index is -0.185. The van der Waals surface area contributed by atoms with Crippen LogP contribution in [0.4, 0.5) is 0 Å². The maximum atomic E-state index is 5.94. The molecule has 2 aromatic carbocycles. The van der Waals surface area contributed by atoms with Crippen molar-refractivity contribution in [2.75, 3.05) is 6.61 Å². The van der Waals surface area contributed by atoms with Crippen LogP contribution in [0.15, 0.2) is 53.5 Å². The molecule has 0 aliphatic carbocycles. The highest BCUT2D eigenvalue weighted by atomic mass is 16.5. The first kappa shape index (κ1) is 22.3. The van der Waals surface area contributed by atoms with Crippen LogP contribution in [0.5, 0.6) is 0 Å². The van der Waals surface area contributed by atoms with Gasteiger partial charge in [-0.1, -0.05) is 55.8 Å². The minimum absolute atomic E-state index is 0.185. The molecule has 1 aliphatic rings. The third-order valence-electron chi connectivity index (χ3n) is 6.19. The molecule has 0 amide bonds. The summed E-state index contributed by atoms with van der Waals surface area (Å²) in [4.78, 5) is 14.4. The largest absolute Gasteiger partial charge is 0.475 e. The molecule has 0 spiro atoms. The summed E-state index contributed by atoms with van der Waals surface area (Å²) in [6.45, 7) is 10.9. The van der Waals surface area contributed by atoms with Gasteiger partial charge in [0.1, 0.15) is 18.3 Å². The lowest BCUT2D eigenvalue weighted by Gasteiger charge is -2.13. The van der Waals surface area contributed by atoms with Gasteiger partial charge in [0, 0.05) is 23.2 Å². The van der Waals surface area contributed by atoms with E-state index in [1.54, 1.807) is 0 Å². The van der Waals surface area contributed by atoms with Gasteiger partial charge in [-0.25, -0.2) is 15.0 Å². The van der Waals surface area contributed by atoms with Gasteiger partial charge in [-0.15, -0.1) is 5.10 Å². The quantitative estimate of drug-likeness (QED) is 0.386. The van der Waals surface area contributed by atoms with Crippen molar-refractivity contribution in [3.8, 4) is 11.1 Å². The van der Waals surface area contributed by atoms with E-state index in [-0.39, 0.29) is 5.54 Å². The SMILES string of the molecule is CCCc1nc(C)n2nc(C)nc2c1Cc1ccc(-c2ccccc2C2=NC(C)(C)CO2)cc1. The van der Waals surface area contributed by atoms with Gasteiger partial charge in [-0.05, 0) is 56.9 Å². The monoisotopic (exact) mass is 453 g/mol. The lowest BCUT2D eigenvalue weighted by atomic mass is 9.96. The molecule has 0 unspecified atom stereocenters. The van der Waals surface area contributed by atoms with Crippen LogP contribution in [-0.2, 0) is 17.6 Å². The molecule has 174 valence electrons. The van der Waals surface area contributed by atoms with Crippen LogP contribution in [0.1, 0.15) is 61.2 Å². The Balaban J connectivity index is 1.49. The van der Waals surface area contributed by atoms with Crippen molar-refractivity contribution in [1.29, 1.82) is 0 Å². The summed E-state index contributed by atoms with van der Waals surface area (Å²) < 4.78 is 7.81. The number of rotatable bonds is 6. The van der Waals surface area contributed by atoms with Crippen molar-refractivity contribution < 1.29 is 4.74 Å². The third-order valence-corrected chi connectivity index (χ3v) is 6.19. The van der Waals surface area contributed by atoms with Crippen molar-refractivity contribution in [3.63, 3.8) is 0 Å². The molecule has 0 N–H and O–H groups in total. The predicted octanol–water partition coefficient (Wildman–Crippen LogP) is 5.51. The number of aromatic nitrogens is 4. The molecule has 0 bridgehead atoms. The predicted molar refractivity (Wildman–Crippen MR) is 136 cm³/mol. The second-order valence-corrected chi connectivity index (χ2v) is 9.67. The number of aliphatic imine (C=N–C) groups is 1. The summed E-state index contributed by atoms with van der Waals surface area (Å²) >= 11 is 0. The normalized spacial score (nSPS) is 14.9. The van der Waals surface area contributed by atoms with Gasteiger partial charge < -0.3 is 4.74 Å². The lowest BCUT2D eigenvalue weighted by Crippen LogP contribution is -2.17. The Bertz CT molecular complexity index is 1380. The highest BCUT2D eigenvalue weighted by Gasteiger charge is 2.28. The van der Waals surface area contributed by atoms with E-state index in [0.29, 0.717) is 6.61 Å². The van der Waals surface area contributed by atoms with E-state index < -0.39 is 0 Å². The molecule has 3 heterocycles. The molecule has 0 atom stereocenters. The van der Waals surface area contributed by atoms with Gasteiger partial charge in [-0.3, -0.25) is 0 Å². The summed E-state index contributed by atoms with van der Waals surface area (Å²) in [5.74, 6) is 2.38. The zero-order valence-corrected chi connectivity index (χ0v) is 20.6. The first-order valence-electron chi connectivity index (χ1n) is 12.0. The molecule has 2 aromatic heterocycles. The number of hydrogen-bond acceptors (Lipinski definition) is 5. The second-order valence-electron chi connectivity index (χ2n) is 9.67. The molecule has 0 saturated heterocycles. The van der Waals surface area contributed by atoms with Crippen LogP contribution < -0.4 is 0 Å². The maximum Gasteiger partial charge on any atom is 0.217 e. The van der Waals surface area contributed by atoms with E-state index in [1.807, 2.05) is 24.4 Å². The molecule has 0 radical (unpaired) electrons. The summed E-state index contributed by atoms with van der Waals surface area (Å²) in [6.07, 6.45) is 2.75. The number of nitrogens with zero attached hydrogens (tertiary/aromatic N) is 5. The zero-order valence-electron chi connectivity index (χ0n) is 20.6. The van der Waals surface area contributed by atoms with Crippen molar-refractivity contribution >= 4 is 11.5 Å². The van der Waals surface area contributed by atoms with Crippen molar-refractivity contribution in [3.05, 3.63) is 82.6 Å². The number of benzene rings is 2. The van der Waals surface area contributed by atoms with E-state index in [2.05, 4.69) is 68.3 Å². The van der Waals surface area contributed by atoms with Gasteiger partial charge >= 0.3 is 0 Å². The van der Waals surface area contributed by atoms with Crippen LogP contribution in [-0.4, -0.2) is 37.6 Å². The summed E-state index contributed by atoms with van der Waals surface area (Å²) in [6, 6.07) is 17.1. The Morgan fingerprint density at radius 2 is 1.71 bits per heavy atom. The van der Waals surface area contributed by atoms with Crippen LogP contribution in [0.2, 0.25) is 0 Å². The molecule has 1 aliphatic heterocycles. The summed E-state index contributed by atoms with van der Waals surface area (Å²) in [7, 11) is 0. The number of fused-ring (bicyclic) bond motifs is 1. The standard InChI is InChI=1S/C28H31N5O/c1-6-9-25-24(26-29-18(2)32-33(26)19(3)30-25)16-20-12-14-21(15-13-20)22-10-7-8-11-23(22)27-31-28(4,5)17-34-27/h7-8,10-15H,6,9,16-17H2,1-5H3. The molecule has 0 fully saturated rings. The van der Waals surface area contributed by atoms with E-state index in [1.165, 1.54) is 5.56 Å². The Kier molecular flexibility index (Phi) is 5.68. The van der Waals surface area contributed by atoms with Crippen molar-refractivity contribution in [2.45, 2.75) is 59.4 Å². The van der Waals surface area contributed by atoms with Crippen LogP contribution in [0.3, 0.4) is 0 Å². The lowest BCUT2D eigenvalue weighted by molar-refractivity contribution is 0.279. The molecule has 34 heavy (non-hydrogen) atoms. The fourth-order valence-electron chi connectivity index (χ4n) is 4.55.